The van der Waals surface area contributed by atoms with Gasteiger partial charge in [-0.2, -0.15) is 5.10 Å². The summed E-state index contributed by atoms with van der Waals surface area (Å²) in [5.74, 6) is -0.245. The van der Waals surface area contributed by atoms with Crippen molar-refractivity contribution in [2.24, 2.45) is 7.05 Å². The summed E-state index contributed by atoms with van der Waals surface area (Å²) in [7, 11) is 1.77. The molecule has 6 nitrogen and oxygen atoms in total. The number of halogens is 1. The van der Waals surface area contributed by atoms with Crippen LogP contribution in [0.2, 0.25) is 0 Å². The van der Waals surface area contributed by atoms with E-state index in [1.807, 2.05) is 42.5 Å². The average Bonchev–Trinajstić information content (AvgIpc) is 3.43. The molecule has 178 valence electrons. The molecule has 1 fully saturated rings. The molecule has 1 aliphatic heterocycles. The van der Waals surface area contributed by atoms with Gasteiger partial charge in [-0.15, -0.1) is 0 Å². The molecular weight excluding hydrogens is 431 g/mol. The Morgan fingerprint density at radius 3 is 2.29 bits per heavy atom. The molecule has 0 saturated carbocycles. The van der Waals surface area contributed by atoms with E-state index in [4.69, 9.17) is 0 Å². The van der Waals surface area contributed by atoms with Crippen LogP contribution in [-0.4, -0.2) is 45.3 Å². The van der Waals surface area contributed by atoms with Crippen molar-refractivity contribution >= 4 is 11.8 Å². The van der Waals surface area contributed by atoms with Crippen LogP contribution in [0.1, 0.15) is 54.6 Å². The Kier molecular flexibility index (Phi) is 7.10. The Balaban J connectivity index is 1.55. The third kappa shape index (κ3) is 5.35. The van der Waals surface area contributed by atoms with E-state index in [0.29, 0.717) is 11.6 Å². The van der Waals surface area contributed by atoms with Crippen LogP contribution in [0.25, 0.3) is 0 Å². The van der Waals surface area contributed by atoms with Crippen LogP contribution < -0.4 is 5.32 Å². The average molecular weight is 463 g/mol. The predicted molar refractivity (Wildman–Crippen MR) is 129 cm³/mol. The number of nitrogens with one attached hydrogen (secondary N) is 1. The van der Waals surface area contributed by atoms with E-state index in [2.05, 4.69) is 36.4 Å². The summed E-state index contributed by atoms with van der Waals surface area (Å²) in [5.41, 5.74) is 3.67. The number of carbonyl (C=O) groups excluding carboxylic acids is 2. The molecule has 34 heavy (non-hydrogen) atoms. The second kappa shape index (κ2) is 10.2. The maximum Gasteiger partial charge on any atom is 0.243 e. The van der Waals surface area contributed by atoms with Gasteiger partial charge in [0.05, 0.1) is 24.7 Å². The van der Waals surface area contributed by atoms with E-state index in [1.165, 1.54) is 10.5 Å². The van der Waals surface area contributed by atoms with Gasteiger partial charge in [0.25, 0.3) is 0 Å². The standard InChI is InChI=1S/C27H31FN4O2/c1-18(2)19-9-11-21(12-10-19)26(20-7-5-4-6-8-20)29-27(34)24-15-22(28)17-32(24)25(33)16-23-13-14-31(3)30-23/h4-14,18,22,24,26H,15-17H2,1-3H3,(H,29,34). The minimum atomic E-state index is -1.23. The Morgan fingerprint density at radius 1 is 1.03 bits per heavy atom. The lowest BCUT2D eigenvalue weighted by Crippen LogP contribution is -2.47. The number of likely N-dealkylation sites (tertiary alicyclic amines) is 1. The van der Waals surface area contributed by atoms with Gasteiger partial charge in [-0.3, -0.25) is 14.3 Å². The van der Waals surface area contributed by atoms with Gasteiger partial charge < -0.3 is 10.2 Å². The van der Waals surface area contributed by atoms with Crippen LogP contribution >= 0.6 is 0 Å². The van der Waals surface area contributed by atoms with Crippen molar-refractivity contribution in [2.45, 2.75) is 50.9 Å². The maximum atomic E-state index is 14.4. The largest absolute Gasteiger partial charge is 0.343 e. The van der Waals surface area contributed by atoms with Crippen molar-refractivity contribution < 1.29 is 14.0 Å². The number of carbonyl (C=O) groups is 2. The first kappa shape index (κ1) is 23.7. The Morgan fingerprint density at radius 2 is 1.68 bits per heavy atom. The van der Waals surface area contributed by atoms with Crippen LogP contribution in [0.4, 0.5) is 4.39 Å². The van der Waals surface area contributed by atoms with Gasteiger partial charge in [0.2, 0.25) is 11.8 Å². The molecule has 1 saturated heterocycles. The topological polar surface area (TPSA) is 67.2 Å². The lowest BCUT2D eigenvalue weighted by molar-refractivity contribution is -0.138. The fourth-order valence-corrected chi connectivity index (χ4v) is 4.44. The molecule has 3 unspecified atom stereocenters. The molecule has 1 aliphatic rings. The Labute approximate surface area is 199 Å². The van der Waals surface area contributed by atoms with E-state index < -0.39 is 18.3 Å². The van der Waals surface area contributed by atoms with Crippen molar-refractivity contribution in [3.8, 4) is 0 Å². The van der Waals surface area contributed by atoms with Gasteiger partial charge in [-0.05, 0) is 28.7 Å². The first-order chi connectivity index (χ1) is 16.3. The van der Waals surface area contributed by atoms with Gasteiger partial charge >= 0.3 is 0 Å². The number of hydrogen-bond acceptors (Lipinski definition) is 3. The molecule has 2 aromatic carbocycles. The summed E-state index contributed by atoms with van der Waals surface area (Å²) >= 11 is 0. The minimum absolute atomic E-state index is 0.00636. The summed E-state index contributed by atoms with van der Waals surface area (Å²) in [6.07, 6.45) is 0.553. The normalized spacial score (nSPS) is 18.8. The lowest BCUT2D eigenvalue weighted by atomic mass is 9.95. The molecule has 0 bridgehead atoms. The molecule has 0 radical (unpaired) electrons. The molecule has 1 aromatic heterocycles. The molecule has 0 aliphatic carbocycles. The van der Waals surface area contributed by atoms with E-state index in [9.17, 15) is 14.0 Å². The second-order valence-corrected chi connectivity index (χ2v) is 9.23. The highest BCUT2D eigenvalue weighted by molar-refractivity contribution is 5.89. The summed E-state index contributed by atoms with van der Waals surface area (Å²) in [4.78, 5) is 27.7. The number of nitrogens with zero attached hydrogens (tertiary/aromatic N) is 3. The Hall–Kier alpha value is -3.48. The molecule has 1 N–H and O–H groups in total. The predicted octanol–water partition coefficient (Wildman–Crippen LogP) is 3.93. The first-order valence-electron chi connectivity index (χ1n) is 11.7. The maximum absolute atomic E-state index is 14.4. The van der Waals surface area contributed by atoms with Gasteiger partial charge in [0, 0.05) is 19.7 Å². The van der Waals surface area contributed by atoms with Crippen LogP contribution in [0.5, 0.6) is 0 Å². The van der Waals surface area contributed by atoms with E-state index in [1.54, 1.807) is 24.0 Å². The third-order valence-corrected chi connectivity index (χ3v) is 6.33. The molecule has 0 spiro atoms. The first-order valence-corrected chi connectivity index (χ1v) is 11.7. The molecule has 4 rings (SSSR count). The monoisotopic (exact) mass is 462 g/mol. The molecule has 3 aromatic rings. The van der Waals surface area contributed by atoms with Gasteiger partial charge in [-0.1, -0.05) is 68.4 Å². The van der Waals surface area contributed by atoms with Gasteiger partial charge in [0.1, 0.15) is 12.2 Å². The number of alkyl halides is 1. The van der Waals surface area contributed by atoms with Gasteiger partial charge in [0.15, 0.2) is 0 Å². The Bertz CT molecular complexity index is 1130. The van der Waals surface area contributed by atoms with Crippen molar-refractivity contribution in [3.05, 3.63) is 89.2 Å². The van der Waals surface area contributed by atoms with Crippen LogP contribution in [0.15, 0.2) is 66.9 Å². The summed E-state index contributed by atoms with van der Waals surface area (Å²) in [5, 5.41) is 7.33. The number of rotatable bonds is 7. The van der Waals surface area contributed by atoms with E-state index in [-0.39, 0.29) is 31.2 Å². The summed E-state index contributed by atoms with van der Waals surface area (Å²) < 4.78 is 16.0. The van der Waals surface area contributed by atoms with E-state index >= 15 is 0 Å². The van der Waals surface area contributed by atoms with Crippen molar-refractivity contribution in [1.82, 2.24) is 20.0 Å². The third-order valence-electron chi connectivity index (χ3n) is 6.33. The number of benzene rings is 2. The van der Waals surface area contributed by atoms with Crippen LogP contribution in [-0.2, 0) is 23.1 Å². The van der Waals surface area contributed by atoms with Crippen molar-refractivity contribution in [2.75, 3.05) is 6.54 Å². The van der Waals surface area contributed by atoms with Crippen LogP contribution in [0.3, 0.4) is 0 Å². The smallest absolute Gasteiger partial charge is 0.243 e. The molecule has 2 heterocycles. The zero-order chi connectivity index (χ0) is 24.2. The highest BCUT2D eigenvalue weighted by atomic mass is 19.1. The lowest BCUT2D eigenvalue weighted by Gasteiger charge is -2.27. The van der Waals surface area contributed by atoms with E-state index in [0.717, 1.165) is 11.1 Å². The van der Waals surface area contributed by atoms with Crippen LogP contribution in [0, 0.1) is 0 Å². The van der Waals surface area contributed by atoms with Crippen molar-refractivity contribution in [3.63, 3.8) is 0 Å². The molecule has 7 heteroatoms. The second-order valence-electron chi connectivity index (χ2n) is 9.23. The summed E-state index contributed by atoms with van der Waals surface area (Å²) in [6, 6.07) is 18.3. The zero-order valence-corrected chi connectivity index (χ0v) is 19.8. The molecule has 2 amide bonds. The highest BCUT2D eigenvalue weighted by Gasteiger charge is 2.40. The highest BCUT2D eigenvalue weighted by Crippen LogP contribution is 2.27. The fraction of sp³-hybridized carbons (Fsp3) is 0.370. The minimum Gasteiger partial charge on any atom is -0.343 e. The number of aromatic nitrogens is 2. The number of aryl methyl sites for hydroxylation is 1. The number of amides is 2. The number of hydrogen-bond donors (Lipinski definition) is 1. The fourth-order valence-electron chi connectivity index (χ4n) is 4.44. The molecular formula is C27H31FN4O2. The zero-order valence-electron chi connectivity index (χ0n) is 19.8. The van der Waals surface area contributed by atoms with Gasteiger partial charge in [-0.25, -0.2) is 4.39 Å². The summed E-state index contributed by atoms with van der Waals surface area (Å²) in [6.45, 7) is 4.19. The van der Waals surface area contributed by atoms with Crippen molar-refractivity contribution in [1.29, 1.82) is 0 Å². The SMILES string of the molecule is CC(C)c1ccc(C(NC(=O)C2CC(F)CN2C(=O)Cc2ccn(C)n2)c2ccccc2)cc1. The quantitative estimate of drug-likeness (QED) is 0.579. The molecule has 3 atom stereocenters.